The summed E-state index contributed by atoms with van der Waals surface area (Å²) in [5.74, 6) is 3.57. The summed E-state index contributed by atoms with van der Waals surface area (Å²) in [6, 6.07) is 3.96. The van der Waals surface area contributed by atoms with Gasteiger partial charge in [0.1, 0.15) is 0 Å². The zero-order chi connectivity index (χ0) is 12.1. The Labute approximate surface area is 103 Å². The Hall–Kier alpha value is -1.37. The smallest absolute Gasteiger partial charge is 0.0602 e. The number of hydrogen-bond acceptors (Lipinski definition) is 3. The van der Waals surface area contributed by atoms with Crippen molar-refractivity contribution in [3.8, 4) is 12.3 Å². The first kappa shape index (κ1) is 12.1. The molecule has 1 aromatic rings. The van der Waals surface area contributed by atoms with Crippen molar-refractivity contribution in [1.29, 1.82) is 0 Å². The van der Waals surface area contributed by atoms with Crippen LogP contribution >= 0.6 is 0 Å². The lowest BCUT2D eigenvalue weighted by atomic mass is 10.2. The predicted octanol–water partition coefficient (Wildman–Crippen LogP) is 1.39. The van der Waals surface area contributed by atoms with E-state index in [2.05, 4.69) is 15.8 Å². The molecule has 0 aliphatic heterocycles. The van der Waals surface area contributed by atoms with Gasteiger partial charge in [0.2, 0.25) is 0 Å². The van der Waals surface area contributed by atoms with Gasteiger partial charge in [0, 0.05) is 25.8 Å². The summed E-state index contributed by atoms with van der Waals surface area (Å²) in [6.45, 7) is 3.13. The van der Waals surface area contributed by atoms with E-state index in [4.69, 9.17) is 12.2 Å². The van der Waals surface area contributed by atoms with E-state index >= 15 is 0 Å². The first-order valence-corrected chi connectivity index (χ1v) is 6.12. The monoisotopic (exact) mass is 229 g/mol. The lowest BCUT2D eigenvalue weighted by Gasteiger charge is -2.20. The second kappa shape index (κ2) is 5.81. The minimum Gasteiger partial charge on any atom is -0.326 e. The van der Waals surface area contributed by atoms with Crippen molar-refractivity contribution in [3.05, 3.63) is 29.6 Å². The van der Waals surface area contributed by atoms with Gasteiger partial charge in [0.05, 0.1) is 12.2 Å². The van der Waals surface area contributed by atoms with Crippen molar-refractivity contribution >= 4 is 0 Å². The average molecular weight is 229 g/mol. The van der Waals surface area contributed by atoms with Gasteiger partial charge in [-0.25, -0.2) is 0 Å². The van der Waals surface area contributed by atoms with Crippen LogP contribution in [-0.2, 0) is 13.1 Å². The second-order valence-electron chi connectivity index (χ2n) is 4.63. The molecular weight excluding hydrogens is 210 g/mol. The molecule has 1 saturated carbocycles. The molecule has 0 amide bonds. The molecule has 17 heavy (non-hydrogen) atoms. The fourth-order valence-corrected chi connectivity index (χ4v) is 1.99. The van der Waals surface area contributed by atoms with E-state index < -0.39 is 0 Å². The number of aromatic nitrogens is 1. The predicted molar refractivity (Wildman–Crippen MR) is 69.0 cm³/mol. The lowest BCUT2D eigenvalue weighted by molar-refractivity contribution is 0.282. The molecule has 1 aliphatic carbocycles. The molecule has 0 unspecified atom stereocenters. The van der Waals surface area contributed by atoms with Gasteiger partial charge >= 0.3 is 0 Å². The molecule has 3 nitrogen and oxygen atoms in total. The van der Waals surface area contributed by atoms with Crippen LogP contribution < -0.4 is 5.73 Å². The molecule has 2 rings (SSSR count). The van der Waals surface area contributed by atoms with E-state index in [0.717, 1.165) is 30.3 Å². The molecule has 0 atom stereocenters. The van der Waals surface area contributed by atoms with Crippen LogP contribution in [0.5, 0.6) is 0 Å². The Morgan fingerprint density at radius 1 is 1.53 bits per heavy atom. The summed E-state index contributed by atoms with van der Waals surface area (Å²) in [5, 5.41) is 0. The molecule has 1 aromatic heterocycles. The zero-order valence-electron chi connectivity index (χ0n) is 10.1. The highest BCUT2D eigenvalue weighted by Gasteiger charge is 2.24. The minimum atomic E-state index is 0.538. The highest BCUT2D eigenvalue weighted by molar-refractivity contribution is 5.19. The highest BCUT2D eigenvalue weighted by Crippen LogP contribution is 2.30. The molecule has 0 spiro atoms. The summed E-state index contributed by atoms with van der Waals surface area (Å²) < 4.78 is 0. The number of hydrogen-bond donors (Lipinski definition) is 1. The maximum atomic E-state index is 5.72. The standard InChI is InChI=1S/C14H19N3/c1-2-8-17(10-12-5-6-12)11-14-13(9-15)4-3-7-16-14/h1,3-4,7,12H,5-6,8-11,15H2. The molecule has 0 saturated heterocycles. The maximum absolute atomic E-state index is 5.72. The average Bonchev–Trinajstić information content (AvgIpc) is 3.14. The summed E-state index contributed by atoms with van der Waals surface area (Å²) in [4.78, 5) is 6.70. The highest BCUT2D eigenvalue weighted by atomic mass is 15.1. The van der Waals surface area contributed by atoms with Crippen molar-refractivity contribution in [3.63, 3.8) is 0 Å². The SMILES string of the molecule is C#CCN(Cc1ncccc1CN)CC1CC1. The normalized spacial score (nSPS) is 14.9. The molecule has 1 aliphatic rings. The van der Waals surface area contributed by atoms with E-state index in [1.807, 2.05) is 18.3 Å². The largest absolute Gasteiger partial charge is 0.326 e. The first-order valence-electron chi connectivity index (χ1n) is 6.12. The zero-order valence-corrected chi connectivity index (χ0v) is 10.1. The number of nitrogens with zero attached hydrogens (tertiary/aromatic N) is 2. The van der Waals surface area contributed by atoms with E-state index in [0.29, 0.717) is 13.1 Å². The Morgan fingerprint density at radius 3 is 3.00 bits per heavy atom. The van der Waals surface area contributed by atoms with Crippen molar-refractivity contribution in [1.82, 2.24) is 9.88 Å². The Kier molecular flexibility index (Phi) is 4.13. The van der Waals surface area contributed by atoms with E-state index in [-0.39, 0.29) is 0 Å². The molecule has 3 heteroatoms. The Bertz CT molecular complexity index is 404. The Morgan fingerprint density at radius 2 is 2.35 bits per heavy atom. The first-order chi connectivity index (χ1) is 8.33. The van der Waals surface area contributed by atoms with E-state index in [1.54, 1.807) is 0 Å². The van der Waals surface area contributed by atoms with Crippen molar-refractivity contribution < 1.29 is 0 Å². The van der Waals surface area contributed by atoms with Gasteiger partial charge < -0.3 is 5.73 Å². The van der Waals surface area contributed by atoms with Gasteiger partial charge in [-0.1, -0.05) is 12.0 Å². The third-order valence-corrected chi connectivity index (χ3v) is 3.11. The van der Waals surface area contributed by atoms with E-state index in [9.17, 15) is 0 Å². The lowest BCUT2D eigenvalue weighted by Crippen LogP contribution is -2.27. The van der Waals surface area contributed by atoms with Crippen LogP contribution in [0.1, 0.15) is 24.1 Å². The molecule has 1 heterocycles. The molecule has 0 bridgehead atoms. The van der Waals surface area contributed by atoms with E-state index in [1.165, 1.54) is 12.8 Å². The number of nitrogens with two attached hydrogens (primary N) is 1. The molecular formula is C14H19N3. The fourth-order valence-electron chi connectivity index (χ4n) is 1.99. The summed E-state index contributed by atoms with van der Waals surface area (Å²) in [6.07, 6.45) is 9.91. The molecule has 90 valence electrons. The van der Waals surface area contributed by atoms with Crippen LogP contribution in [0.4, 0.5) is 0 Å². The van der Waals surface area contributed by atoms with Crippen LogP contribution in [0.2, 0.25) is 0 Å². The number of rotatable bonds is 6. The summed E-state index contributed by atoms with van der Waals surface area (Å²) in [7, 11) is 0. The van der Waals surface area contributed by atoms with Gasteiger partial charge in [0.25, 0.3) is 0 Å². The number of pyridine rings is 1. The van der Waals surface area contributed by atoms with Crippen molar-refractivity contribution in [2.24, 2.45) is 11.7 Å². The minimum absolute atomic E-state index is 0.538. The summed E-state index contributed by atoms with van der Waals surface area (Å²) >= 11 is 0. The van der Waals surface area contributed by atoms with Gasteiger partial charge in [-0.2, -0.15) is 0 Å². The summed E-state index contributed by atoms with van der Waals surface area (Å²) in [5.41, 5.74) is 7.89. The third-order valence-electron chi connectivity index (χ3n) is 3.11. The molecule has 0 radical (unpaired) electrons. The Balaban J connectivity index is 2.02. The van der Waals surface area contributed by atoms with Gasteiger partial charge in [0.15, 0.2) is 0 Å². The fraction of sp³-hybridized carbons (Fsp3) is 0.500. The van der Waals surface area contributed by atoms with Gasteiger partial charge in [-0.05, 0) is 30.4 Å². The second-order valence-corrected chi connectivity index (χ2v) is 4.63. The third kappa shape index (κ3) is 3.55. The molecule has 0 aromatic carbocycles. The molecule has 1 fully saturated rings. The van der Waals surface area contributed by atoms with Gasteiger partial charge in [-0.15, -0.1) is 6.42 Å². The van der Waals surface area contributed by atoms with Crippen LogP contribution in [0, 0.1) is 18.3 Å². The van der Waals surface area contributed by atoms with Crippen LogP contribution in [-0.4, -0.2) is 23.0 Å². The van der Waals surface area contributed by atoms with Crippen LogP contribution in [0.25, 0.3) is 0 Å². The maximum Gasteiger partial charge on any atom is 0.0602 e. The molecule has 2 N–H and O–H groups in total. The van der Waals surface area contributed by atoms with Gasteiger partial charge in [-0.3, -0.25) is 9.88 Å². The van der Waals surface area contributed by atoms with Crippen LogP contribution in [0.15, 0.2) is 18.3 Å². The van der Waals surface area contributed by atoms with Crippen molar-refractivity contribution in [2.45, 2.75) is 25.9 Å². The topological polar surface area (TPSA) is 42.2 Å². The quantitative estimate of drug-likeness (QED) is 0.749. The van der Waals surface area contributed by atoms with Crippen molar-refractivity contribution in [2.75, 3.05) is 13.1 Å². The number of terminal acetylenes is 1. The van der Waals surface area contributed by atoms with Crippen LogP contribution in [0.3, 0.4) is 0 Å².